The number of nitrogens with one attached hydrogen (secondary N) is 1. The summed E-state index contributed by atoms with van der Waals surface area (Å²) >= 11 is 0. The number of piperidine rings is 1. The molecule has 0 spiro atoms. The van der Waals surface area contributed by atoms with Crippen molar-refractivity contribution in [2.45, 2.75) is 24.9 Å². The molecule has 82 valence electrons. The first kappa shape index (κ1) is 10.5. The first-order valence-corrected chi connectivity index (χ1v) is 5.35. The van der Waals surface area contributed by atoms with Crippen molar-refractivity contribution in [3.05, 3.63) is 24.3 Å². The van der Waals surface area contributed by atoms with E-state index in [4.69, 9.17) is 4.74 Å². The van der Waals surface area contributed by atoms with E-state index >= 15 is 0 Å². The first-order chi connectivity index (χ1) is 7.35. The van der Waals surface area contributed by atoms with Gasteiger partial charge in [0.05, 0.1) is 11.3 Å². The summed E-state index contributed by atoms with van der Waals surface area (Å²) in [5.74, 6) is 0. The molecule has 1 fully saturated rings. The number of rotatable bonds is 3. The molecule has 2 rings (SSSR count). The van der Waals surface area contributed by atoms with Crippen LogP contribution >= 0.6 is 0 Å². The molecule has 0 amide bonds. The van der Waals surface area contributed by atoms with E-state index < -0.39 is 0 Å². The third-order valence-corrected chi connectivity index (χ3v) is 3.07. The zero-order valence-corrected chi connectivity index (χ0v) is 9.07. The van der Waals surface area contributed by atoms with Crippen molar-refractivity contribution in [3.63, 3.8) is 0 Å². The van der Waals surface area contributed by atoms with Crippen molar-refractivity contribution in [2.75, 3.05) is 20.2 Å². The Balaban J connectivity index is 2.07. The van der Waals surface area contributed by atoms with Crippen LogP contribution in [0.2, 0.25) is 0 Å². The van der Waals surface area contributed by atoms with Gasteiger partial charge in [0.1, 0.15) is 0 Å². The van der Waals surface area contributed by atoms with Crippen molar-refractivity contribution >= 4 is 0 Å². The molecule has 4 nitrogen and oxygen atoms in total. The van der Waals surface area contributed by atoms with Crippen LogP contribution in [0, 0.1) is 0 Å². The normalized spacial score (nSPS) is 20.1. The molecule has 0 atom stereocenters. The summed E-state index contributed by atoms with van der Waals surface area (Å²) < 4.78 is 5.67. The number of nitrogens with zero attached hydrogens (tertiary/aromatic N) is 2. The van der Waals surface area contributed by atoms with E-state index in [2.05, 4.69) is 15.3 Å². The highest BCUT2D eigenvalue weighted by Gasteiger charge is 2.32. The number of aromatic nitrogens is 2. The molecule has 0 bridgehead atoms. The quantitative estimate of drug-likeness (QED) is 0.796. The molecule has 1 aromatic rings. The van der Waals surface area contributed by atoms with E-state index in [1.807, 2.05) is 6.20 Å². The lowest BCUT2D eigenvalue weighted by atomic mass is 9.87. The van der Waals surface area contributed by atoms with Gasteiger partial charge < -0.3 is 10.1 Å². The lowest BCUT2D eigenvalue weighted by Crippen LogP contribution is -2.45. The van der Waals surface area contributed by atoms with Gasteiger partial charge >= 0.3 is 0 Å². The second-order valence-electron chi connectivity index (χ2n) is 4.01. The predicted octanol–water partition coefficient (Wildman–Crippen LogP) is 0.788. The molecular formula is C11H17N3O. The Bertz CT molecular complexity index is 296. The maximum atomic E-state index is 5.67. The van der Waals surface area contributed by atoms with Gasteiger partial charge in [-0.15, -0.1) is 0 Å². The van der Waals surface area contributed by atoms with E-state index in [-0.39, 0.29) is 5.60 Å². The molecule has 4 heteroatoms. The standard InChI is InChI=1S/C11H17N3O/c1-15-11(2-4-12-5-3-11)8-10-9-13-6-7-14-10/h6-7,9,12H,2-5,8H2,1H3. The zero-order valence-electron chi connectivity index (χ0n) is 9.07. The summed E-state index contributed by atoms with van der Waals surface area (Å²) in [6, 6.07) is 0. The largest absolute Gasteiger partial charge is 0.378 e. The molecule has 15 heavy (non-hydrogen) atoms. The Kier molecular flexibility index (Phi) is 3.28. The van der Waals surface area contributed by atoms with Gasteiger partial charge in [0.2, 0.25) is 0 Å². The minimum Gasteiger partial charge on any atom is -0.378 e. The first-order valence-electron chi connectivity index (χ1n) is 5.35. The summed E-state index contributed by atoms with van der Waals surface area (Å²) in [5, 5.41) is 3.34. The lowest BCUT2D eigenvalue weighted by molar-refractivity contribution is -0.0341. The molecule has 1 aromatic heterocycles. The van der Waals surface area contributed by atoms with Crippen molar-refractivity contribution in [2.24, 2.45) is 0 Å². The van der Waals surface area contributed by atoms with Gasteiger partial charge in [-0.1, -0.05) is 0 Å². The van der Waals surface area contributed by atoms with Crippen LogP contribution in [0.5, 0.6) is 0 Å². The molecule has 0 aromatic carbocycles. The fraction of sp³-hybridized carbons (Fsp3) is 0.636. The van der Waals surface area contributed by atoms with Crippen LogP contribution in [0.4, 0.5) is 0 Å². The highest BCUT2D eigenvalue weighted by molar-refractivity contribution is 5.02. The molecular weight excluding hydrogens is 190 g/mol. The Morgan fingerprint density at radius 1 is 1.40 bits per heavy atom. The highest BCUT2D eigenvalue weighted by atomic mass is 16.5. The fourth-order valence-electron chi connectivity index (χ4n) is 2.09. The third-order valence-electron chi connectivity index (χ3n) is 3.07. The van der Waals surface area contributed by atoms with E-state index in [1.54, 1.807) is 19.5 Å². The molecule has 1 aliphatic rings. The molecule has 0 saturated carbocycles. The van der Waals surface area contributed by atoms with Crippen LogP contribution in [0.15, 0.2) is 18.6 Å². The summed E-state index contributed by atoms with van der Waals surface area (Å²) in [5.41, 5.74) is 0.975. The summed E-state index contributed by atoms with van der Waals surface area (Å²) in [6.07, 6.45) is 8.20. The smallest absolute Gasteiger partial charge is 0.0758 e. The minimum atomic E-state index is -0.0404. The fourth-order valence-corrected chi connectivity index (χ4v) is 2.09. The Morgan fingerprint density at radius 2 is 2.20 bits per heavy atom. The second-order valence-corrected chi connectivity index (χ2v) is 4.01. The van der Waals surface area contributed by atoms with Crippen LogP contribution in [0.3, 0.4) is 0 Å². The molecule has 1 aliphatic heterocycles. The summed E-state index contributed by atoms with van der Waals surface area (Å²) in [4.78, 5) is 8.38. The molecule has 2 heterocycles. The average Bonchev–Trinajstić information content (AvgIpc) is 2.32. The molecule has 1 N–H and O–H groups in total. The van der Waals surface area contributed by atoms with E-state index in [0.29, 0.717) is 0 Å². The van der Waals surface area contributed by atoms with Gasteiger partial charge in [-0.25, -0.2) is 0 Å². The van der Waals surface area contributed by atoms with Crippen LogP contribution < -0.4 is 5.32 Å². The van der Waals surface area contributed by atoms with Gasteiger partial charge in [-0.05, 0) is 25.9 Å². The van der Waals surface area contributed by atoms with Crippen molar-refractivity contribution in [1.82, 2.24) is 15.3 Å². The Morgan fingerprint density at radius 3 is 2.80 bits per heavy atom. The highest BCUT2D eigenvalue weighted by Crippen LogP contribution is 2.25. The van der Waals surface area contributed by atoms with E-state index in [9.17, 15) is 0 Å². The van der Waals surface area contributed by atoms with E-state index in [0.717, 1.165) is 38.0 Å². The SMILES string of the molecule is COC1(Cc2cnccn2)CCNCC1. The monoisotopic (exact) mass is 207 g/mol. The van der Waals surface area contributed by atoms with Crippen LogP contribution in [-0.4, -0.2) is 35.8 Å². The zero-order chi connectivity index (χ0) is 10.6. The van der Waals surface area contributed by atoms with Gasteiger partial charge in [0.25, 0.3) is 0 Å². The van der Waals surface area contributed by atoms with Crippen LogP contribution in [0.25, 0.3) is 0 Å². The summed E-state index contributed by atoms with van der Waals surface area (Å²) in [6.45, 7) is 2.04. The third kappa shape index (κ3) is 2.52. The van der Waals surface area contributed by atoms with Crippen LogP contribution in [-0.2, 0) is 11.2 Å². The Labute approximate surface area is 90.1 Å². The lowest BCUT2D eigenvalue weighted by Gasteiger charge is -2.36. The number of ether oxygens (including phenoxy) is 1. The van der Waals surface area contributed by atoms with Crippen LogP contribution in [0.1, 0.15) is 18.5 Å². The van der Waals surface area contributed by atoms with Crippen molar-refractivity contribution in [1.29, 1.82) is 0 Å². The van der Waals surface area contributed by atoms with Gasteiger partial charge in [-0.2, -0.15) is 0 Å². The molecule has 0 unspecified atom stereocenters. The molecule has 0 aliphatic carbocycles. The predicted molar refractivity (Wildman–Crippen MR) is 57.6 cm³/mol. The molecule has 0 radical (unpaired) electrons. The van der Waals surface area contributed by atoms with Crippen molar-refractivity contribution in [3.8, 4) is 0 Å². The van der Waals surface area contributed by atoms with Gasteiger partial charge in [0.15, 0.2) is 0 Å². The second kappa shape index (κ2) is 4.68. The number of hydrogen-bond acceptors (Lipinski definition) is 4. The number of hydrogen-bond donors (Lipinski definition) is 1. The minimum absolute atomic E-state index is 0.0404. The van der Waals surface area contributed by atoms with E-state index in [1.165, 1.54) is 0 Å². The molecule has 1 saturated heterocycles. The average molecular weight is 207 g/mol. The van der Waals surface area contributed by atoms with Crippen molar-refractivity contribution < 1.29 is 4.74 Å². The Hall–Kier alpha value is -1.00. The topological polar surface area (TPSA) is 47.0 Å². The van der Waals surface area contributed by atoms with Gasteiger partial charge in [-0.3, -0.25) is 9.97 Å². The van der Waals surface area contributed by atoms with Gasteiger partial charge in [0, 0.05) is 32.1 Å². The summed E-state index contributed by atoms with van der Waals surface area (Å²) in [7, 11) is 1.79. The maximum absolute atomic E-state index is 5.67. The maximum Gasteiger partial charge on any atom is 0.0758 e. The number of methoxy groups -OCH3 is 1.